The number of pyridine rings is 1. The van der Waals surface area contributed by atoms with Crippen LogP contribution in [0.15, 0.2) is 23.3 Å². The van der Waals surface area contributed by atoms with Crippen LogP contribution in [0, 0.1) is 0 Å². The maximum absolute atomic E-state index is 12.5. The number of guanidine groups is 1. The lowest BCUT2D eigenvalue weighted by molar-refractivity contribution is -0.143. The Morgan fingerprint density at radius 3 is 2.92 bits per heavy atom. The topological polar surface area (TPSA) is 61.8 Å². The van der Waals surface area contributed by atoms with Crippen molar-refractivity contribution in [1.82, 2.24) is 20.5 Å². The molecule has 1 fully saturated rings. The van der Waals surface area contributed by atoms with Gasteiger partial charge in [-0.05, 0) is 31.9 Å². The molecule has 0 aromatic carbocycles. The van der Waals surface area contributed by atoms with E-state index in [1.54, 1.807) is 6.20 Å². The molecule has 1 aromatic heterocycles. The van der Waals surface area contributed by atoms with Gasteiger partial charge < -0.3 is 15.4 Å². The third-order valence-electron chi connectivity index (χ3n) is 3.87. The Balaban J connectivity index is 1.92. The van der Waals surface area contributed by atoms with Crippen LogP contribution in [-0.4, -0.2) is 60.8 Å². The Hall–Kier alpha value is -2.03. The van der Waals surface area contributed by atoms with Crippen molar-refractivity contribution in [2.45, 2.75) is 39.0 Å². The van der Waals surface area contributed by atoms with E-state index < -0.39 is 12.7 Å². The number of alkyl halides is 3. The van der Waals surface area contributed by atoms with E-state index in [1.807, 2.05) is 26.0 Å². The Morgan fingerprint density at radius 2 is 2.23 bits per heavy atom. The third kappa shape index (κ3) is 7.07. The number of nitrogens with zero attached hydrogens (tertiary/aromatic N) is 3. The molecular formula is C17H26F3N5O. The van der Waals surface area contributed by atoms with Gasteiger partial charge >= 0.3 is 6.18 Å². The molecule has 0 spiro atoms. The highest BCUT2D eigenvalue weighted by atomic mass is 19.4. The van der Waals surface area contributed by atoms with Crippen molar-refractivity contribution in [3.63, 3.8) is 0 Å². The number of hydrogen-bond donors (Lipinski definition) is 2. The van der Waals surface area contributed by atoms with Crippen LogP contribution in [0.5, 0.6) is 5.88 Å². The smallest absolute Gasteiger partial charge is 0.401 e. The summed E-state index contributed by atoms with van der Waals surface area (Å²) in [6, 6.07) is 3.64. The molecule has 1 unspecified atom stereocenters. The number of hydrogen-bond acceptors (Lipinski definition) is 4. The maximum atomic E-state index is 12.5. The molecule has 2 N–H and O–H groups in total. The van der Waals surface area contributed by atoms with E-state index in [9.17, 15) is 13.2 Å². The van der Waals surface area contributed by atoms with E-state index in [0.717, 1.165) is 5.56 Å². The molecule has 0 amide bonds. The molecule has 1 saturated heterocycles. The molecule has 6 nitrogen and oxygen atoms in total. The van der Waals surface area contributed by atoms with Gasteiger partial charge in [-0.2, -0.15) is 13.2 Å². The zero-order valence-electron chi connectivity index (χ0n) is 15.1. The van der Waals surface area contributed by atoms with E-state index in [-0.39, 0.29) is 6.04 Å². The van der Waals surface area contributed by atoms with Crippen molar-refractivity contribution in [2.75, 3.05) is 32.8 Å². The summed E-state index contributed by atoms with van der Waals surface area (Å²) < 4.78 is 42.9. The summed E-state index contributed by atoms with van der Waals surface area (Å²) in [5.41, 5.74) is 0.950. The van der Waals surface area contributed by atoms with Crippen LogP contribution in [0.2, 0.25) is 0 Å². The van der Waals surface area contributed by atoms with Gasteiger partial charge in [0.05, 0.1) is 19.7 Å². The number of likely N-dealkylation sites (tertiary alicyclic amines) is 1. The Bertz CT molecular complexity index is 594. The van der Waals surface area contributed by atoms with E-state index in [4.69, 9.17) is 4.74 Å². The van der Waals surface area contributed by atoms with Gasteiger partial charge in [0, 0.05) is 37.9 Å². The van der Waals surface area contributed by atoms with Crippen LogP contribution in [0.25, 0.3) is 0 Å². The standard InChI is InChI=1S/C17H26F3N5O/c1-3-21-16(23-10-13-5-7-22-15(9-13)26-4-2)24-14-6-8-25(11-14)12-17(18,19)20/h5,7,9,14H,3-4,6,8,10-12H2,1-2H3,(H2,21,23,24). The maximum Gasteiger partial charge on any atom is 0.401 e. The molecule has 2 heterocycles. The largest absolute Gasteiger partial charge is 0.478 e. The zero-order chi connectivity index (χ0) is 19.0. The summed E-state index contributed by atoms with van der Waals surface area (Å²) in [6.07, 6.45) is -1.83. The van der Waals surface area contributed by atoms with Crippen molar-refractivity contribution in [3.8, 4) is 5.88 Å². The van der Waals surface area contributed by atoms with Crippen LogP contribution in [0.1, 0.15) is 25.8 Å². The minimum Gasteiger partial charge on any atom is -0.478 e. The minimum atomic E-state index is -4.16. The average molecular weight is 373 g/mol. The van der Waals surface area contributed by atoms with Crippen molar-refractivity contribution in [3.05, 3.63) is 23.9 Å². The fourth-order valence-corrected chi connectivity index (χ4v) is 2.81. The second-order valence-electron chi connectivity index (χ2n) is 6.11. The Kier molecular flexibility index (Phi) is 7.50. The van der Waals surface area contributed by atoms with E-state index >= 15 is 0 Å². The normalized spacial score (nSPS) is 18.8. The van der Waals surface area contributed by atoms with Gasteiger partial charge in [0.1, 0.15) is 0 Å². The summed E-state index contributed by atoms with van der Waals surface area (Å²) in [5.74, 6) is 1.15. The molecule has 2 rings (SSSR count). The monoisotopic (exact) mass is 373 g/mol. The number of halogens is 3. The van der Waals surface area contributed by atoms with Gasteiger partial charge in [-0.3, -0.25) is 4.90 Å². The van der Waals surface area contributed by atoms with Crippen LogP contribution in [-0.2, 0) is 6.54 Å². The highest BCUT2D eigenvalue weighted by Gasteiger charge is 2.34. The summed E-state index contributed by atoms with van der Waals surface area (Å²) in [4.78, 5) is 10.0. The fraction of sp³-hybridized carbons (Fsp3) is 0.647. The Labute approximate surface area is 151 Å². The molecule has 1 aliphatic heterocycles. The lowest BCUT2D eigenvalue weighted by Crippen LogP contribution is -2.45. The molecule has 26 heavy (non-hydrogen) atoms. The molecule has 0 radical (unpaired) electrons. The molecule has 9 heteroatoms. The molecule has 146 valence electrons. The molecule has 1 atom stereocenters. The molecule has 1 aliphatic rings. The minimum absolute atomic E-state index is 0.0495. The second-order valence-corrected chi connectivity index (χ2v) is 6.11. The summed E-state index contributed by atoms with van der Waals surface area (Å²) in [7, 11) is 0. The van der Waals surface area contributed by atoms with E-state index in [2.05, 4.69) is 20.6 Å². The second kappa shape index (κ2) is 9.61. The number of aromatic nitrogens is 1. The van der Waals surface area contributed by atoms with Crippen LogP contribution in [0.4, 0.5) is 13.2 Å². The first-order valence-electron chi connectivity index (χ1n) is 8.81. The number of ether oxygens (including phenoxy) is 1. The third-order valence-corrected chi connectivity index (χ3v) is 3.87. The molecule has 0 bridgehead atoms. The first kappa shape index (κ1) is 20.3. The van der Waals surface area contributed by atoms with Gasteiger partial charge in [0.25, 0.3) is 0 Å². The lowest BCUT2D eigenvalue weighted by atomic mass is 10.2. The number of aliphatic imine (C=N–C) groups is 1. The molecule has 1 aromatic rings. The predicted molar refractivity (Wildman–Crippen MR) is 94.3 cm³/mol. The molecule has 0 aliphatic carbocycles. The average Bonchev–Trinajstić information content (AvgIpc) is 2.98. The fourth-order valence-electron chi connectivity index (χ4n) is 2.81. The van der Waals surface area contributed by atoms with E-state index in [1.165, 1.54) is 4.90 Å². The predicted octanol–water partition coefficient (Wildman–Crippen LogP) is 2.17. The van der Waals surface area contributed by atoms with Gasteiger partial charge in [0.15, 0.2) is 5.96 Å². The van der Waals surface area contributed by atoms with Gasteiger partial charge in [0.2, 0.25) is 5.88 Å². The summed E-state index contributed by atoms with van der Waals surface area (Å²) >= 11 is 0. The van der Waals surface area contributed by atoms with Crippen molar-refractivity contribution >= 4 is 5.96 Å². The first-order chi connectivity index (χ1) is 12.4. The highest BCUT2D eigenvalue weighted by Crippen LogP contribution is 2.20. The van der Waals surface area contributed by atoms with Crippen LogP contribution >= 0.6 is 0 Å². The Morgan fingerprint density at radius 1 is 1.42 bits per heavy atom. The van der Waals surface area contributed by atoms with Crippen molar-refractivity contribution < 1.29 is 17.9 Å². The van der Waals surface area contributed by atoms with Gasteiger partial charge in [-0.15, -0.1) is 0 Å². The van der Waals surface area contributed by atoms with Gasteiger partial charge in [-0.1, -0.05) is 0 Å². The van der Waals surface area contributed by atoms with E-state index in [0.29, 0.717) is 51.0 Å². The number of rotatable bonds is 7. The quantitative estimate of drug-likeness (QED) is 0.567. The summed E-state index contributed by atoms with van der Waals surface area (Å²) in [6.45, 7) is 5.40. The SMILES string of the molecule is CCNC(=NCc1ccnc(OCC)c1)NC1CCN(CC(F)(F)F)C1. The van der Waals surface area contributed by atoms with Crippen LogP contribution in [0.3, 0.4) is 0 Å². The number of nitrogens with one attached hydrogen (secondary N) is 2. The zero-order valence-corrected chi connectivity index (χ0v) is 15.1. The van der Waals surface area contributed by atoms with Crippen molar-refractivity contribution in [2.24, 2.45) is 4.99 Å². The first-order valence-corrected chi connectivity index (χ1v) is 8.81. The summed E-state index contributed by atoms with van der Waals surface area (Å²) in [5, 5.41) is 6.36. The van der Waals surface area contributed by atoms with Crippen molar-refractivity contribution in [1.29, 1.82) is 0 Å². The molecular weight excluding hydrogens is 347 g/mol. The lowest BCUT2D eigenvalue weighted by Gasteiger charge is -2.19. The van der Waals surface area contributed by atoms with Crippen LogP contribution < -0.4 is 15.4 Å². The van der Waals surface area contributed by atoms with Gasteiger partial charge in [-0.25, -0.2) is 9.98 Å². The molecule has 0 saturated carbocycles. The highest BCUT2D eigenvalue weighted by molar-refractivity contribution is 5.80.